The van der Waals surface area contributed by atoms with Gasteiger partial charge in [-0.3, -0.25) is 14.3 Å². The molecule has 0 spiro atoms. The van der Waals surface area contributed by atoms with Gasteiger partial charge in [-0.15, -0.1) is 0 Å². The van der Waals surface area contributed by atoms with Crippen molar-refractivity contribution >= 4 is 11.4 Å². The normalized spacial score (nSPS) is 10.6. The molecule has 1 aromatic heterocycles. The van der Waals surface area contributed by atoms with Crippen molar-refractivity contribution in [1.82, 2.24) is 9.55 Å². The quantitative estimate of drug-likeness (QED) is 0.676. The zero-order valence-corrected chi connectivity index (χ0v) is 11.6. The third kappa shape index (κ3) is 4.04. The largest absolute Gasteiger partial charge is 0.394 e. The maximum Gasteiger partial charge on any atom is 0.330 e. The number of aromatic amines is 1. The summed E-state index contributed by atoms with van der Waals surface area (Å²) in [5, 5.41) is 11.6. The van der Waals surface area contributed by atoms with Gasteiger partial charge in [-0.2, -0.15) is 0 Å². The minimum atomic E-state index is -0.562. The number of hydrogen-bond acceptors (Lipinski definition) is 5. The van der Waals surface area contributed by atoms with Gasteiger partial charge in [0.2, 0.25) is 0 Å². The van der Waals surface area contributed by atoms with Crippen LogP contribution < -0.4 is 16.6 Å². The number of aliphatic hydroxyl groups excluding tert-OH is 1. The van der Waals surface area contributed by atoms with Crippen molar-refractivity contribution in [3.63, 3.8) is 0 Å². The van der Waals surface area contributed by atoms with Crippen molar-refractivity contribution in [2.24, 2.45) is 0 Å². The van der Waals surface area contributed by atoms with E-state index in [9.17, 15) is 9.59 Å². The Kier molecular flexibility index (Phi) is 4.91. The topological polar surface area (TPSA) is 96.3 Å². The van der Waals surface area contributed by atoms with E-state index < -0.39 is 11.2 Å². The van der Waals surface area contributed by atoms with E-state index >= 15 is 0 Å². The number of aliphatic hydroxyl groups is 1. The van der Waals surface area contributed by atoms with Crippen molar-refractivity contribution in [3.8, 4) is 0 Å². The van der Waals surface area contributed by atoms with Crippen LogP contribution in [0.2, 0.25) is 0 Å². The standard InChI is InChI=1S/C14H17N3O4/c1-10-3-2-4-11(7-10)15-12-8-17(9-21-6-5-18)14(20)16-13(12)19/h2-4,7-8,15,18H,5-6,9H2,1H3,(H,16,19,20). The molecule has 112 valence electrons. The van der Waals surface area contributed by atoms with Crippen LogP contribution in [-0.4, -0.2) is 27.9 Å². The molecule has 0 saturated carbocycles. The first-order valence-electron chi connectivity index (χ1n) is 6.46. The van der Waals surface area contributed by atoms with E-state index in [0.717, 1.165) is 11.3 Å². The fraction of sp³-hybridized carbons (Fsp3) is 0.286. The Morgan fingerprint density at radius 1 is 1.38 bits per heavy atom. The number of nitrogens with one attached hydrogen (secondary N) is 2. The molecular weight excluding hydrogens is 274 g/mol. The molecule has 7 heteroatoms. The van der Waals surface area contributed by atoms with Crippen LogP contribution >= 0.6 is 0 Å². The van der Waals surface area contributed by atoms with E-state index in [4.69, 9.17) is 9.84 Å². The lowest BCUT2D eigenvalue weighted by Gasteiger charge is -2.10. The number of benzene rings is 1. The van der Waals surface area contributed by atoms with Crippen LogP contribution in [0.4, 0.5) is 11.4 Å². The van der Waals surface area contributed by atoms with Crippen molar-refractivity contribution < 1.29 is 9.84 Å². The van der Waals surface area contributed by atoms with Gasteiger partial charge < -0.3 is 15.2 Å². The smallest absolute Gasteiger partial charge is 0.330 e. The number of aryl methyl sites for hydroxylation is 1. The number of H-pyrrole nitrogens is 1. The summed E-state index contributed by atoms with van der Waals surface area (Å²) in [4.78, 5) is 25.6. The second-order valence-electron chi connectivity index (χ2n) is 4.53. The van der Waals surface area contributed by atoms with Crippen LogP contribution in [0.25, 0.3) is 0 Å². The molecular formula is C14H17N3O4. The number of aromatic nitrogens is 2. The first-order valence-corrected chi connectivity index (χ1v) is 6.46. The molecule has 0 radical (unpaired) electrons. The van der Waals surface area contributed by atoms with E-state index in [1.165, 1.54) is 10.8 Å². The van der Waals surface area contributed by atoms with Gasteiger partial charge in [0.1, 0.15) is 12.4 Å². The Hall–Kier alpha value is -2.38. The predicted octanol–water partition coefficient (Wildman–Crippen LogP) is 0.555. The Balaban J connectivity index is 2.24. The second kappa shape index (κ2) is 6.87. The number of rotatable bonds is 6. The fourth-order valence-electron chi connectivity index (χ4n) is 1.80. The number of anilines is 2. The molecule has 1 heterocycles. The summed E-state index contributed by atoms with van der Waals surface area (Å²) >= 11 is 0. The third-order valence-electron chi connectivity index (χ3n) is 2.77. The molecule has 0 fully saturated rings. The van der Waals surface area contributed by atoms with Crippen molar-refractivity contribution in [2.45, 2.75) is 13.7 Å². The van der Waals surface area contributed by atoms with Crippen molar-refractivity contribution in [3.05, 3.63) is 56.9 Å². The minimum Gasteiger partial charge on any atom is -0.394 e. The van der Waals surface area contributed by atoms with Crippen molar-refractivity contribution in [2.75, 3.05) is 18.5 Å². The van der Waals surface area contributed by atoms with Crippen LogP contribution in [0, 0.1) is 6.92 Å². The van der Waals surface area contributed by atoms with Crippen LogP contribution in [0.1, 0.15) is 5.56 Å². The number of ether oxygens (including phenoxy) is 1. The van der Waals surface area contributed by atoms with Crippen LogP contribution in [-0.2, 0) is 11.5 Å². The summed E-state index contributed by atoms with van der Waals surface area (Å²) in [6, 6.07) is 7.52. The first kappa shape index (κ1) is 15.0. The maximum absolute atomic E-state index is 11.8. The second-order valence-corrected chi connectivity index (χ2v) is 4.53. The van der Waals surface area contributed by atoms with Gasteiger partial charge in [0.05, 0.1) is 13.2 Å². The Labute approximate surface area is 120 Å². The van der Waals surface area contributed by atoms with Crippen LogP contribution in [0.15, 0.2) is 40.1 Å². The highest BCUT2D eigenvalue weighted by Gasteiger charge is 2.05. The van der Waals surface area contributed by atoms with Gasteiger partial charge in [-0.25, -0.2) is 4.79 Å². The molecule has 0 bridgehead atoms. The van der Waals surface area contributed by atoms with Crippen LogP contribution in [0.5, 0.6) is 0 Å². The zero-order chi connectivity index (χ0) is 15.2. The molecule has 0 saturated heterocycles. The highest BCUT2D eigenvalue weighted by atomic mass is 16.5. The molecule has 7 nitrogen and oxygen atoms in total. The molecule has 0 unspecified atom stereocenters. The van der Waals surface area contributed by atoms with E-state index in [2.05, 4.69) is 10.3 Å². The average molecular weight is 291 g/mol. The molecule has 0 amide bonds. The molecule has 0 aliphatic rings. The van der Waals surface area contributed by atoms with Crippen LogP contribution in [0.3, 0.4) is 0 Å². The highest BCUT2D eigenvalue weighted by molar-refractivity contribution is 5.58. The predicted molar refractivity (Wildman–Crippen MR) is 78.8 cm³/mol. The summed E-state index contributed by atoms with van der Waals surface area (Å²) < 4.78 is 6.29. The first-order chi connectivity index (χ1) is 10.1. The lowest BCUT2D eigenvalue weighted by atomic mass is 10.2. The van der Waals surface area contributed by atoms with E-state index in [1.54, 1.807) is 0 Å². The Morgan fingerprint density at radius 3 is 2.90 bits per heavy atom. The summed E-state index contributed by atoms with van der Waals surface area (Å²) in [5.41, 5.74) is 0.985. The lowest BCUT2D eigenvalue weighted by Crippen LogP contribution is -2.31. The summed E-state index contributed by atoms with van der Waals surface area (Å²) in [6.45, 7) is 1.89. The number of hydrogen-bond donors (Lipinski definition) is 3. The molecule has 0 atom stereocenters. The van der Waals surface area contributed by atoms with E-state index in [0.29, 0.717) is 0 Å². The molecule has 0 aliphatic heterocycles. The summed E-state index contributed by atoms with van der Waals surface area (Å²) in [5.74, 6) is 0. The van der Waals surface area contributed by atoms with Crippen molar-refractivity contribution in [1.29, 1.82) is 0 Å². The Morgan fingerprint density at radius 2 is 2.19 bits per heavy atom. The Bertz CT molecular complexity index is 721. The van der Waals surface area contributed by atoms with Gasteiger partial charge in [0.15, 0.2) is 0 Å². The van der Waals surface area contributed by atoms with Gasteiger partial charge in [-0.1, -0.05) is 12.1 Å². The monoisotopic (exact) mass is 291 g/mol. The molecule has 21 heavy (non-hydrogen) atoms. The average Bonchev–Trinajstić information content (AvgIpc) is 2.44. The van der Waals surface area contributed by atoms with E-state index in [1.807, 2.05) is 31.2 Å². The third-order valence-corrected chi connectivity index (χ3v) is 2.77. The molecule has 1 aromatic carbocycles. The molecule has 2 rings (SSSR count). The SMILES string of the molecule is Cc1cccc(Nc2cn(COCCO)c(=O)[nH]c2=O)c1. The summed E-state index contributed by atoms with van der Waals surface area (Å²) in [7, 11) is 0. The van der Waals surface area contributed by atoms with Gasteiger partial charge >= 0.3 is 5.69 Å². The molecule has 0 aliphatic carbocycles. The maximum atomic E-state index is 11.8. The molecule has 2 aromatic rings. The zero-order valence-electron chi connectivity index (χ0n) is 11.6. The highest BCUT2D eigenvalue weighted by Crippen LogP contribution is 2.13. The van der Waals surface area contributed by atoms with Gasteiger partial charge in [-0.05, 0) is 24.6 Å². The van der Waals surface area contributed by atoms with Gasteiger partial charge in [0, 0.05) is 11.9 Å². The molecule has 3 N–H and O–H groups in total. The lowest BCUT2D eigenvalue weighted by molar-refractivity contribution is 0.0458. The minimum absolute atomic E-state index is 0.0430. The van der Waals surface area contributed by atoms with Gasteiger partial charge in [0.25, 0.3) is 5.56 Å². The fourth-order valence-corrected chi connectivity index (χ4v) is 1.80. The number of nitrogens with zero attached hydrogens (tertiary/aromatic N) is 1. The van der Waals surface area contributed by atoms with E-state index in [-0.39, 0.29) is 25.6 Å². The summed E-state index contributed by atoms with van der Waals surface area (Å²) in [6.07, 6.45) is 1.39.